The van der Waals surface area contributed by atoms with E-state index in [1.165, 1.54) is 24.2 Å². The second-order valence-electron chi connectivity index (χ2n) is 8.22. The highest BCUT2D eigenvalue weighted by Crippen LogP contribution is 2.29. The van der Waals surface area contributed by atoms with Crippen molar-refractivity contribution >= 4 is 22.0 Å². The molecule has 1 aliphatic rings. The van der Waals surface area contributed by atoms with Gasteiger partial charge in [0, 0.05) is 5.39 Å². The standard InChI is InChI=1S/C24H25N3O3/c1-2-16-7-5-6-12-27(16)14-18-21(28)11-10-15-13-17(24(29)30-22(15)18)23-25-19-8-3-4-9-20(19)26-23/h3-4,8-11,13,16,28H,2,5-7,12,14H2,1H3,(H,25,26)/p+1/t16-/m1/s1. The summed E-state index contributed by atoms with van der Waals surface area (Å²) in [7, 11) is 0. The van der Waals surface area contributed by atoms with Gasteiger partial charge >= 0.3 is 5.63 Å². The number of hydrogen-bond acceptors (Lipinski definition) is 4. The van der Waals surface area contributed by atoms with E-state index in [4.69, 9.17) is 4.42 Å². The molecule has 154 valence electrons. The summed E-state index contributed by atoms with van der Waals surface area (Å²) >= 11 is 0. The maximum absolute atomic E-state index is 12.9. The number of imidazole rings is 1. The van der Waals surface area contributed by atoms with E-state index in [9.17, 15) is 9.90 Å². The third kappa shape index (κ3) is 3.27. The van der Waals surface area contributed by atoms with Crippen molar-refractivity contribution < 1.29 is 14.4 Å². The molecule has 2 aromatic heterocycles. The van der Waals surface area contributed by atoms with Gasteiger partial charge < -0.3 is 19.4 Å². The number of benzene rings is 2. The monoisotopic (exact) mass is 404 g/mol. The Balaban J connectivity index is 1.59. The summed E-state index contributed by atoms with van der Waals surface area (Å²) in [5, 5.41) is 11.4. The van der Waals surface area contributed by atoms with Crippen molar-refractivity contribution in [3.63, 3.8) is 0 Å². The van der Waals surface area contributed by atoms with Crippen LogP contribution in [0.2, 0.25) is 0 Å². The number of aromatic hydroxyl groups is 1. The molecular weight excluding hydrogens is 378 g/mol. The molecule has 1 aliphatic heterocycles. The average Bonchev–Trinajstić information content (AvgIpc) is 3.20. The number of likely N-dealkylation sites (tertiary alicyclic amines) is 1. The zero-order valence-corrected chi connectivity index (χ0v) is 17.1. The van der Waals surface area contributed by atoms with Gasteiger partial charge in [-0.05, 0) is 56.0 Å². The first-order valence-corrected chi connectivity index (χ1v) is 10.7. The first-order chi connectivity index (χ1) is 14.6. The lowest BCUT2D eigenvalue weighted by molar-refractivity contribution is -0.944. The molecule has 0 radical (unpaired) electrons. The number of phenols is 1. The van der Waals surface area contributed by atoms with Crippen molar-refractivity contribution in [2.24, 2.45) is 0 Å². The SMILES string of the molecule is CC[C@@H]1CCCC[NH+]1Cc1c(O)ccc2cc(-c3nc4ccccc4[nH]3)c(=O)oc12. The Bertz CT molecular complexity index is 1240. The summed E-state index contributed by atoms with van der Waals surface area (Å²) < 4.78 is 5.78. The number of nitrogens with zero attached hydrogens (tertiary/aromatic N) is 1. The summed E-state index contributed by atoms with van der Waals surface area (Å²) in [6, 6.07) is 13.6. The Morgan fingerprint density at radius 1 is 1.23 bits per heavy atom. The van der Waals surface area contributed by atoms with Gasteiger partial charge in [-0.3, -0.25) is 0 Å². The number of fused-ring (bicyclic) bond motifs is 2. The van der Waals surface area contributed by atoms with Crippen LogP contribution in [0.25, 0.3) is 33.4 Å². The second kappa shape index (κ2) is 7.61. The maximum Gasteiger partial charge on any atom is 0.347 e. The van der Waals surface area contributed by atoms with Gasteiger partial charge in [0.05, 0.1) is 29.2 Å². The topological polar surface area (TPSA) is 83.6 Å². The molecular formula is C24H26N3O3+. The number of nitrogens with one attached hydrogen (secondary N) is 2. The summed E-state index contributed by atoms with van der Waals surface area (Å²) in [4.78, 5) is 22.1. The number of phenolic OH excluding ortho intramolecular Hbond substituents is 1. The lowest BCUT2D eigenvalue weighted by Gasteiger charge is -2.32. The Hall–Kier alpha value is -3.12. The number of para-hydroxylation sites is 2. The molecule has 3 N–H and O–H groups in total. The fourth-order valence-electron chi connectivity index (χ4n) is 4.75. The van der Waals surface area contributed by atoms with E-state index in [-0.39, 0.29) is 5.75 Å². The van der Waals surface area contributed by atoms with E-state index < -0.39 is 5.63 Å². The molecule has 2 aromatic carbocycles. The highest BCUT2D eigenvalue weighted by Gasteiger charge is 2.27. The van der Waals surface area contributed by atoms with Crippen LogP contribution in [0.4, 0.5) is 0 Å². The zero-order chi connectivity index (χ0) is 20.7. The van der Waals surface area contributed by atoms with Gasteiger partial charge in [0.25, 0.3) is 0 Å². The van der Waals surface area contributed by atoms with Crippen LogP contribution in [0, 0.1) is 0 Å². The number of quaternary nitrogens is 1. The van der Waals surface area contributed by atoms with Crippen molar-refractivity contribution in [3.05, 3.63) is 58.4 Å². The molecule has 0 bridgehead atoms. The smallest absolute Gasteiger partial charge is 0.347 e. The van der Waals surface area contributed by atoms with Crippen molar-refractivity contribution in [2.45, 2.75) is 45.2 Å². The Morgan fingerprint density at radius 2 is 2.10 bits per heavy atom. The third-order valence-electron chi connectivity index (χ3n) is 6.40. The predicted octanol–water partition coefficient (Wildman–Crippen LogP) is 3.39. The minimum absolute atomic E-state index is 0.190. The van der Waals surface area contributed by atoms with Crippen LogP contribution in [0.1, 0.15) is 38.2 Å². The van der Waals surface area contributed by atoms with Gasteiger partial charge in [0.1, 0.15) is 23.7 Å². The maximum atomic E-state index is 12.9. The number of H-pyrrole nitrogens is 1. The lowest BCUT2D eigenvalue weighted by Crippen LogP contribution is -3.15. The normalized spacial score (nSPS) is 19.5. The summed E-state index contributed by atoms with van der Waals surface area (Å²) in [6.45, 7) is 3.96. The molecule has 0 spiro atoms. The van der Waals surface area contributed by atoms with Gasteiger partial charge in [0.15, 0.2) is 5.58 Å². The fraction of sp³-hybridized carbons (Fsp3) is 0.333. The van der Waals surface area contributed by atoms with Crippen molar-refractivity contribution in [3.8, 4) is 17.1 Å². The molecule has 0 aliphatic carbocycles. The predicted molar refractivity (Wildman–Crippen MR) is 117 cm³/mol. The number of aromatic nitrogens is 2. The summed E-state index contributed by atoms with van der Waals surface area (Å²) in [5.41, 5.74) is 2.82. The molecule has 1 saturated heterocycles. The molecule has 1 fully saturated rings. The van der Waals surface area contributed by atoms with E-state index in [0.29, 0.717) is 29.6 Å². The molecule has 0 amide bonds. The van der Waals surface area contributed by atoms with Crippen LogP contribution in [0.3, 0.4) is 0 Å². The number of aromatic amines is 1. The van der Waals surface area contributed by atoms with Crippen LogP contribution in [-0.2, 0) is 6.54 Å². The first kappa shape index (κ1) is 18.9. The van der Waals surface area contributed by atoms with E-state index in [0.717, 1.165) is 34.9 Å². The Labute approximate surface area is 174 Å². The number of hydrogen-bond donors (Lipinski definition) is 3. The first-order valence-electron chi connectivity index (χ1n) is 10.7. The highest BCUT2D eigenvalue weighted by molar-refractivity contribution is 5.86. The third-order valence-corrected chi connectivity index (χ3v) is 6.40. The van der Waals surface area contributed by atoms with Crippen molar-refractivity contribution in [1.29, 1.82) is 0 Å². The minimum atomic E-state index is -0.450. The molecule has 6 nitrogen and oxygen atoms in total. The Kier molecular flexibility index (Phi) is 4.79. The van der Waals surface area contributed by atoms with E-state index in [2.05, 4.69) is 16.9 Å². The van der Waals surface area contributed by atoms with E-state index >= 15 is 0 Å². The van der Waals surface area contributed by atoms with Crippen molar-refractivity contribution in [2.75, 3.05) is 6.54 Å². The van der Waals surface area contributed by atoms with Crippen LogP contribution in [0.5, 0.6) is 5.75 Å². The zero-order valence-electron chi connectivity index (χ0n) is 17.1. The molecule has 3 heterocycles. The molecule has 5 rings (SSSR count). The molecule has 4 aromatic rings. The molecule has 2 atom stereocenters. The summed E-state index contributed by atoms with van der Waals surface area (Å²) in [6.07, 6.45) is 4.77. The van der Waals surface area contributed by atoms with E-state index in [1.807, 2.05) is 30.3 Å². The second-order valence-corrected chi connectivity index (χ2v) is 8.22. The largest absolute Gasteiger partial charge is 0.507 e. The van der Waals surface area contributed by atoms with E-state index in [1.54, 1.807) is 12.1 Å². The highest BCUT2D eigenvalue weighted by atomic mass is 16.4. The molecule has 6 heteroatoms. The van der Waals surface area contributed by atoms with Crippen LogP contribution in [0.15, 0.2) is 51.7 Å². The average molecular weight is 404 g/mol. The number of piperidine rings is 1. The molecule has 1 unspecified atom stereocenters. The fourth-order valence-corrected chi connectivity index (χ4v) is 4.75. The van der Waals surface area contributed by atoms with Gasteiger partial charge in [0.2, 0.25) is 0 Å². The number of rotatable bonds is 4. The van der Waals surface area contributed by atoms with Crippen LogP contribution >= 0.6 is 0 Å². The summed E-state index contributed by atoms with van der Waals surface area (Å²) in [5.74, 6) is 0.684. The van der Waals surface area contributed by atoms with Crippen LogP contribution in [-0.4, -0.2) is 27.7 Å². The van der Waals surface area contributed by atoms with Crippen molar-refractivity contribution in [1.82, 2.24) is 9.97 Å². The molecule has 30 heavy (non-hydrogen) atoms. The van der Waals surface area contributed by atoms with Gasteiger partial charge in [-0.2, -0.15) is 0 Å². The quantitative estimate of drug-likeness (QED) is 0.455. The Morgan fingerprint density at radius 3 is 2.93 bits per heavy atom. The van der Waals surface area contributed by atoms with Gasteiger partial charge in [-0.1, -0.05) is 19.1 Å². The lowest BCUT2D eigenvalue weighted by atomic mass is 9.98. The molecule has 0 saturated carbocycles. The van der Waals surface area contributed by atoms with Crippen LogP contribution < -0.4 is 10.5 Å². The minimum Gasteiger partial charge on any atom is -0.507 e. The van der Waals surface area contributed by atoms with Gasteiger partial charge in [-0.25, -0.2) is 9.78 Å². The van der Waals surface area contributed by atoms with Gasteiger partial charge in [-0.15, -0.1) is 0 Å².